The zero-order valence-corrected chi connectivity index (χ0v) is 19.3. The number of nitrogens with zero attached hydrogens (tertiary/aromatic N) is 2. The fraction of sp³-hybridized carbons (Fsp3) is 0.556. The Morgan fingerprint density at radius 1 is 0.960 bits per heavy atom. The molecule has 1 rings (SSSR count). The maximum Gasteiger partial charge on any atom is 0.136 e. The highest BCUT2D eigenvalue weighted by Gasteiger charge is 2.22. The zero-order valence-electron chi connectivity index (χ0n) is 16.0. The lowest BCUT2D eigenvalue weighted by molar-refractivity contribution is 0.442. The topological polar surface area (TPSA) is 26.7 Å². The van der Waals surface area contributed by atoms with Gasteiger partial charge >= 0.3 is 0 Å². The smallest absolute Gasteiger partial charge is 0.136 e. The normalized spacial score (nSPS) is 11.3. The van der Waals surface area contributed by atoms with Crippen molar-refractivity contribution >= 4 is 56.6 Å². The van der Waals surface area contributed by atoms with Gasteiger partial charge in [-0.25, -0.2) is 0 Å². The number of thioether (sulfide) groups is 2. The van der Waals surface area contributed by atoms with Gasteiger partial charge in [0.05, 0.1) is 0 Å². The van der Waals surface area contributed by atoms with Crippen molar-refractivity contribution in [1.82, 2.24) is 9.80 Å². The predicted molar refractivity (Wildman–Crippen MR) is 122 cm³/mol. The first-order valence-corrected chi connectivity index (χ1v) is 10.8. The summed E-state index contributed by atoms with van der Waals surface area (Å²) in [6.07, 6.45) is 0. The molecule has 0 aliphatic heterocycles. The zero-order chi connectivity index (χ0) is 19.4. The first-order valence-electron chi connectivity index (χ1n) is 7.97. The number of hydrogen-bond acceptors (Lipinski definition) is 5. The summed E-state index contributed by atoms with van der Waals surface area (Å²) in [5.41, 5.74) is 2.93. The molecule has 0 amide bonds. The maximum absolute atomic E-state index is 10.8. The maximum atomic E-state index is 10.8. The third-order valence-corrected chi connectivity index (χ3v) is 7.10. The minimum atomic E-state index is -0.131. The number of thiocarbonyl (C=S) groups is 2. The molecule has 0 spiro atoms. The van der Waals surface area contributed by atoms with Crippen LogP contribution in [0.2, 0.25) is 0 Å². The molecule has 7 heteroatoms. The van der Waals surface area contributed by atoms with E-state index in [1.54, 1.807) is 23.5 Å². The Morgan fingerprint density at radius 3 is 1.88 bits per heavy atom. The molecule has 0 heterocycles. The second-order valence-corrected chi connectivity index (χ2v) is 10.5. The molecule has 0 atom stereocenters. The van der Waals surface area contributed by atoms with Crippen molar-refractivity contribution in [2.45, 2.75) is 37.7 Å². The molecule has 0 aliphatic rings. The van der Waals surface area contributed by atoms with E-state index < -0.39 is 0 Å². The molecule has 0 unspecified atom stereocenters. The van der Waals surface area contributed by atoms with Crippen molar-refractivity contribution in [3.63, 3.8) is 0 Å². The van der Waals surface area contributed by atoms with Gasteiger partial charge < -0.3 is 14.9 Å². The first kappa shape index (κ1) is 22.5. The van der Waals surface area contributed by atoms with Crippen molar-refractivity contribution in [2.75, 3.05) is 28.2 Å². The molecule has 1 aromatic rings. The number of rotatable bonds is 4. The summed E-state index contributed by atoms with van der Waals surface area (Å²) in [4.78, 5) is 3.86. The summed E-state index contributed by atoms with van der Waals surface area (Å²) in [5.74, 6) is 1.82. The van der Waals surface area contributed by atoms with Gasteiger partial charge in [-0.15, -0.1) is 0 Å². The highest BCUT2D eigenvalue weighted by molar-refractivity contribution is 8.22. The minimum Gasteiger partial charge on any atom is -0.507 e. The molecule has 0 fully saturated rings. The Labute approximate surface area is 171 Å². The van der Waals surface area contributed by atoms with Gasteiger partial charge in [-0.05, 0) is 16.5 Å². The molecular formula is C18H28N2OS4. The van der Waals surface area contributed by atoms with Crippen LogP contribution in [0, 0.1) is 0 Å². The molecule has 0 saturated carbocycles. The molecule has 140 valence electrons. The summed E-state index contributed by atoms with van der Waals surface area (Å²) < 4.78 is 1.67. The molecule has 0 bridgehead atoms. The Bertz CT molecular complexity index is 637. The molecule has 1 N–H and O–H groups in total. The standard InChI is InChI=1S/C18H28N2OS4/c1-18(2,3)14-9-12(10-24-16(22)19(4)5)8-13(15(14)21)11-25-17(23)20(6)7/h8-9,21H,10-11H2,1-7H3. The Balaban J connectivity index is 3.11. The Kier molecular flexibility index (Phi) is 8.51. The van der Waals surface area contributed by atoms with Gasteiger partial charge in [0.25, 0.3) is 0 Å². The van der Waals surface area contributed by atoms with E-state index in [0.717, 1.165) is 25.5 Å². The van der Waals surface area contributed by atoms with Crippen molar-refractivity contribution in [3.8, 4) is 5.75 Å². The second-order valence-electron chi connectivity index (χ2n) is 7.30. The van der Waals surface area contributed by atoms with Crippen LogP contribution >= 0.6 is 48.0 Å². The molecule has 0 saturated heterocycles. The molecule has 0 aromatic heterocycles. The molecule has 3 nitrogen and oxygen atoms in total. The SMILES string of the molecule is CN(C)C(=S)SCc1cc(CSC(=S)N(C)C)c(O)c(C(C)(C)C)c1. The molecule has 0 radical (unpaired) electrons. The quantitative estimate of drug-likeness (QED) is 0.701. The fourth-order valence-corrected chi connectivity index (χ4v) is 3.89. The van der Waals surface area contributed by atoms with E-state index in [4.69, 9.17) is 24.4 Å². The highest BCUT2D eigenvalue weighted by atomic mass is 32.2. The number of phenolic OH excluding ortho intramolecular Hbond substituents is 1. The fourth-order valence-electron chi connectivity index (χ4n) is 2.07. The van der Waals surface area contributed by atoms with Crippen LogP contribution in [0.3, 0.4) is 0 Å². The summed E-state index contributed by atoms with van der Waals surface area (Å²) in [5, 5.41) is 10.8. The summed E-state index contributed by atoms with van der Waals surface area (Å²) >= 11 is 13.9. The van der Waals surface area contributed by atoms with Crippen LogP contribution in [0.1, 0.15) is 37.5 Å². The van der Waals surface area contributed by atoms with Crippen molar-refractivity contribution in [3.05, 3.63) is 28.8 Å². The lowest BCUT2D eigenvalue weighted by atomic mass is 9.84. The molecular weight excluding hydrogens is 388 g/mol. The van der Waals surface area contributed by atoms with Gasteiger partial charge in [-0.2, -0.15) is 0 Å². The predicted octanol–water partition coefficient (Wildman–Crippen LogP) is 4.85. The molecule has 1 aromatic carbocycles. The van der Waals surface area contributed by atoms with E-state index in [-0.39, 0.29) is 5.41 Å². The summed E-state index contributed by atoms with van der Waals surface area (Å²) in [6.45, 7) is 6.35. The first-order chi connectivity index (χ1) is 11.4. The van der Waals surface area contributed by atoms with E-state index in [9.17, 15) is 5.11 Å². The Morgan fingerprint density at radius 2 is 1.44 bits per heavy atom. The van der Waals surface area contributed by atoms with E-state index in [1.165, 1.54) is 5.56 Å². The lowest BCUT2D eigenvalue weighted by Crippen LogP contribution is -2.17. The average Bonchev–Trinajstić information content (AvgIpc) is 2.50. The third-order valence-electron chi connectivity index (χ3n) is 3.50. The van der Waals surface area contributed by atoms with E-state index in [0.29, 0.717) is 11.5 Å². The minimum absolute atomic E-state index is 0.131. The third kappa shape index (κ3) is 6.96. The van der Waals surface area contributed by atoms with Crippen LogP contribution < -0.4 is 0 Å². The largest absolute Gasteiger partial charge is 0.507 e. The number of phenols is 1. The van der Waals surface area contributed by atoms with Gasteiger partial charge in [0, 0.05) is 45.3 Å². The van der Waals surface area contributed by atoms with Gasteiger partial charge in [0.1, 0.15) is 14.4 Å². The van der Waals surface area contributed by atoms with Gasteiger partial charge in [-0.3, -0.25) is 0 Å². The van der Waals surface area contributed by atoms with Crippen LogP contribution in [-0.2, 0) is 16.9 Å². The van der Waals surface area contributed by atoms with E-state index in [2.05, 4.69) is 32.9 Å². The van der Waals surface area contributed by atoms with Gasteiger partial charge in [0.2, 0.25) is 0 Å². The van der Waals surface area contributed by atoms with Crippen LogP contribution in [0.5, 0.6) is 5.75 Å². The van der Waals surface area contributed by atoms with E-state index >= 15 is 0 Å². The average molecular weight is 417 g/mol. The van der Waals surface area contributed by atoms with Crippen molar-refractivity contribution in [1.29, 1.82) is 0 Å². The number of benzene rings is 1. The van der Waals surface area contributed by atoms with Gasteiger partial charge in [-0.1, -0.05) is 80.9 Å². The summed E-state index contributed by atoms with van der Waals surface area (Å²) in [7, 11) is 7.78. The molecule has 25 heavy (non-hydrogen) atoms. The van der Waals surface area contributed by atoms with Crippen molar-refractivity contribution < 1.29 is 5.11 Å². The highest BCUT2D eigenvalue weighted by Crippen LogP contribution is 2.37. The summed E-state index contributed by atoms with van der Waals surface area (Å²) in [6, 6.07) is 4.17. The van der Waals surface area contributed by atoms with Crippen LogP contribution in [0.25, 0.3) is 0 Å². The lowest BCUT2D eigenvalue weighted by Gasteiger charge is -2.24. The van der Waals surface area contributed by atoms with Crippen LogP contribution in [-0.4, -0.2) is 51.7 Å². The number of hydrogen-bond donors (Lipinski definition) is 1. The van der Waals surface area contributed by atoms with Crippen LogP contribution in [0.4, 0.5) is 0 Å². The molecule has 0 aliphatic carbocycles. The number of aromatic hydroxyl groups is 1. The second kappa shape index (κ2) is 9.44. The van der Waals surface area contributed by atoms with Gasteiger partial charge in [0.15, 0.2) is 0 Å². The van der Waals surface area contributed by atoms with Crippen molar-refractivity contribution in [2.24, 2.45) is 0 Å². The van der Waals surface area contributed by atoms with Crippen LogP contribution in [0.15, 0.2) is 12.1 Å². The Hall–Kier alpha value is -0.500. The van der Waals surface area contributed by atoms with E-state index in [1.807, 2.05) is 38.0 Å². The monoisotopic (exact) mass is 416 g/mol.